The van der Waals surface area contributed by atoms with Gasteiger partial charge in [0.2, 0.25) is 0 Å². The first-order valence-electron chi connectivity index (χ1n) is 10.9. The van der Waals surface area contributed by atoms with Crippen LogP contribution in [0.4, 0.5) is 0 Å². The van der Waals surface area contributed by atoms with Gasteiger partial charge in [-0.15, -0.1) is 5.10 Å². The second-order valence-corrected chi connectivity index (χ2v) is 8.91. The summed E-state index contributed by atoms with van der Waals surface area (Å²) in [6.45, 7) is 4.64. The van der Waals surface area contributed by atoms with Crippen molar-refractivity contribution in [3.63, 3.8) is 0 Å². The molecule has 5 rings (SSSR count). The largest absolute Gasteiger partial charge is 0.486 e. The number of fused-ring (bicyclic) bond motifs is 1. The van der Waals surface area contributed by atoms with E-state index in [1.54, 1.807) is 0 Å². The quantitative estimate of drug-likeness (QED) is 0.440. The monoisotopic (exact) mass is 447 g/mol. The number of hydrogen-bond acceptors (Lipinski definition) is 6. The fraction of sp³-hybridized carbons (Fsp3) is 0.333. The van der Waals surface area contributed by atoms with Crippen molar-refractivity contribution < 1.29 is 9.53 Å². The summed E-state index contributed by atoms with van der Waals surface area (Å²) in [5.74, 6) is 2.31. The van der Waals surface area contributed by atoms with Crippen LogP contribution in [0.5, 0.6) is 5.75 Å². The molecule has 3 heterocycles. The van der Waals surface area contributed by atoms with Crippen LogP contribution < -0.4 is 4.74 Å². The van der Waals surface area contributed by atoms with Crippen molar-refractivity contribution >= 4 is 28.5 Å². The Labute approximate surface area is 190 Å². The Kier molecular flexibility index (Phi) is 5.85. The number of piperidine rings is 1. The molecule has 0 spiro atoms. The Morgan fingerprint density at radius 3 is 2.59 bits per heavy atom. The number of likely N-dealkylation sites (tertiary alicyclic amines) is 1. The summed E-state index contributed by atoms with van der Waals surface area (Å²) < 4.78 is 12.2. The summed E-state index contributed by atoms with van der Waals surface area (Å²) in [5.41, 5.74) is 2.83. The number of aryl methyl sites for hydroxylation is 1. The second-order valence-electron chi connectivity index (χ2n) is 8.15. The predicted molar refractivity (Wildman–Crippen MR) is 124 cm³/mol. The first kappa shape index (κ1) is 20.6. The lowest BCUT2D eigenvalue weighted by atomic mass is 9.96. The van der Waals surface area contributed by atoms with E-state index in [9.17, 15) is 4.79 Å². The van der Waals surface area contributed by atoms with Gasteiger partial charge in [-0.05, 0) is 61.5 Å². The third-order valence-electron chi connectivity index (χ3n) is 6.03. The highest BCUT2D eigenvalue weighted by atomic mass is 32.1. The summed E-state index contributed by atoms with van der Waals surface area (Å²) in [7, 11) is 0. The van der Waals surface area contributed by atoms with E-state index in [1.807, 2.05) is 54.3 Å². The van der Waals surface area contributed by atoms with Crippen molar-refractivity contribution in [2.75, 3.05) is 13.1 Å². The lowest BCUT2D eigenvalue weighted by molar-refractivity contribution is 0.0686. The number of ether oxygens (including phenoxy) is 1. The topological polar surface area (TPSA) is 73.1 Å². The van der Waals surface area contributed by atoms with E-state index >= 15 is 0 Å². The van der Waals surface area contributed by atoms with E-state index in [2.05, 4.69) is 26.3 Å². The summed E-state index contributed by atoms with van der Waals surface area (Å²) in [4.78, 5) is 20.2. The molecular formula is C24H25N5O2S. The minimum atomic E-state index is 0.0565. The zero-order chi connectivity index (χ0) is 21.9. The number of rotatable bonds is 6. The second kappa shape index (κ2) is 9.08. The summed E-state index contributed by atoms with van der Waals surface area (Å²) in [5, 5.41) is 3.97. The summed E-state index contributed by atoms with van der Waals surface area (Å²) in [6, 6.07) is 18.1. The number of para-hydroxylation sites is 3. The normalized spacial score (nSPS) is 14.7. The van der Waals surface area contributed by atoms with E-state index in [0.717, 1.165) is 60.8 Å². The molecule has 32 heavy (non-hydrogen) atoms. The van der Waals surface area contributed by atoms with Gasteiger partial charge < -0.3 is 14.2 Å². The number of carbonyl (C=O) groups is 1. The van der Waals surface area contributed by atoms with Crippen molar-refractivity contribution in [1.82, 2.24) is 24.0 Å². The molecule has 1 aliphatic heterocycles. The Bertz CT molecular complexity index is 1210. The molecule has 0 radical (unpaired) electrons. The van der Waals surface area contributed by atoms with Crippen molar-refractivity contribution in [3.05, 3.63) is 71.0 Å². The van der Waals surface area contributed by atoms with Crippen LogP contribution >= 0.6 is 11.5 Å². The lowest BCUT2D eigenvalue weighted by Gasteiger charge is -2.32. The molecule has 0 bridgehead atoms. The van der Waals surface area contributed by atoms with E-state index in [4.69, 9.17) is 9.72 Å². The molecule has 0 atom stereocenters. The van der Waals surface area contributed by atoms with Crippen LogP contribution in [0.25, 0.3) is 11.0 Å². The van der Waals surface area contributed by atoms with Gasteiger partial charge in [0, 0.05) is 19.6 Å². The van der Waals surface area contributed by atoms with Gasteiger partial charge in [0.15, 0.2) is 0 Å². The highest BCUT2D eigenvalue weighted by Crippen LogP contribution is 2.26. The molecule has 0 saturated carbocycles. The Balaban J connectivity index is 1.29. The average Bonchev–Trinajstić information content (AvgIpc) is 3.42. The van der Waals surface area contributed by atoms with Gasteiger partial charge in [-0.2, -0.15) is 0 Å². The number of hydrogen-bond donors (Lipinski definition) is 0. The maximum absolute atomic E-state index is 12.8. The van der Waals surface area contributed by atoms with Crippen molar-refractivity contribution in [2.45, 2.75) is 32.9 Å². The van der Waals surface area contributed by atoms with E-state index in [-0.39, 0.29) is 5.91 Å². The van der Waals surface area contributed by atoms with Gasteiger partial charge in [-0.25, -0.2) is 4.98 Å². The molecule has 1 saturated heterocycles. The van der Waals surface area contributed by atoms with Crippen LogP contribution in [0.1, 0.15) is 34.0 Å². The smallest absolute Gasteiger partial charge is 0.267 e. The van der Waals surface area contributed by atoms with Crippen LogP contribution in [0, 0.1) is 12.8 Å². The molecule has 1 amide bonds. The van der Waals surface area contributed by atoms with Gasteiger partial charge in [-0.3, -0.25) is 4.79 Å². The third-order valence-corrected chi connectivity index (χ3v) is 6.85. The van der Waals surface area contributed by atoms with E-state index in [0.29, 0.717) is 17.4 Å². The van der Waals surface area contributed by atoms with Gasteiger partial charge in [0.1, 0.15) is 23.1 Å². The molecule has 0 unspecified atom stereocenters. The van der Waals surface area contributed by atoms with Crippen molar-refractivity contribution in [3.8, 4) is 5.75 Å². The molecular weight excluding hydrogens is 422 g/mol. The van der Waals surface area contributed by atoms with E-state index < -0.39 is 0 Å². The van der Waals surface area contributed by atoms with Crippen LogP contribution in [-0.2, 0) is 13.2 Å². The predicted octanol–water partition coefficient (Wildman–Crippen LogP) is 4.33. The Morgan fingerprint density at radius 2 is 1.84 bits per heavy atom. The molecule has 8 heteroatoms. The van der Waals surface area contributed by atoms with Gasteiger partial charge in [-0.1, -0.05) is 34.8 Å². The van der Waals surface area contributed by atoms with Crippen molar-refractivity contribution in [1.29, 1.82) is 0 Å². The minimum Gasteiger partial charge on any atom is -0.486 e. The maximum Gasteiger partial charge on any atom is 0.267 e. The summed E-state index contributed by atoms with van der Waals surface area (Å²) in [6.07, 6.45) is 1.92. The Morgan fingerprint density at radius 1 is 1.09 bits per heavy atom. The maximum atomic E-state index is 12.8. The number of nitrogens with zero attached hydrogens (tertiary/aromatic N) is 5. The number of imidazole rings is 1. The first-order chi connectivity index (χ1) is 15.7. The number of carbonyl (C=O) groups excluding carboxylic acids is 1. The molecule has 0 aliphatic carbocycles. The molecule has 7 nitrogen and oxygen atoms in total. The Hall–Kier alpha value is -3.26. The van der Waals surface area contributed by atoms with Crippen LogP contribution in [0.2, 0.25) is 0 Å². The fourth-order valence-corrected chi connectivity index (χ4v) is 4.88. The molecule has 0 N–H and O–H groups in total. The summed E-state index contributed by atoms with van der Waals surface area (Å²) >= 11 is 1.18. The van der Waals surface area contributed by atoms with Gasteiger partial charge in [0.25, 0.3) is 5.91 Å². The standard InChI is InChI=1S/C24H25N5O2S/c1-17-23(32-27-26-17)24(30)28-13-11-18(12-14-28)15-29-21-10-6-5-9-20(21)25-22(29)16-31-19-7-3-2-4-8-19/h2-10,18H,11-16H2,1H3. The van der Waals surface area contributed by atoms with Crippen LogP contribution in [-0.4, -0.2) is 43.0 Å². The molecule has 1 aliphatic rings. The third kappa shape index (κ3) is 4.23. The lowest BCUT2D eigenvalue weighted by Crippen LogP contribution is -2.39. The fourth-order valence-electron chi connectivity index (χ4n) is 4.25. The molecule has 164 valence electrons. The molecule has 2 aromatic carbocycles. The van der Waals surface area contributed by atoms with Crippen LogP contribution in [0.3, 0.4) is 0 Å². The number of benzene rings is 2. The molecule has 2 aromatic heterocycles. The molecule has 1 fully saturated rings. The van der Waals surface area contributed by atoms with Crippen LogP contribution in [0.15, 0.2) is 54.6 Å². The zero-order valence-electron chi connectivity index (χ0n) is 18.0. The molecule has 4 aromatic rings. The van der Waals surface area contributed by atoms with Gasteiger partial charge >= 0.3 is 0 Å². The highest BCUT2D eigenvalue weighted by molar-refractivity contribution is 7.07. The minimum absolute atomic E-state index is 0.0565. The highest BCUT2D eigenvalue weighted by Gasteiger charge is 2.27. The van der Waals surface area contributed by atoms with E-state index in [1.165, 1.54) is 11.5 Å². The number of aromatic nitrogens is 4. The zero-order valence-corrected chi connectivity index (χ0v) is 18.8. The SMILES string of the molecule is Cc1nnsc1C(=O)N1CCC(Cn2c(COc3ccccc3)nc3ccccc32)CC1. The average molecular weight is 448 g/mol. The first-order valence-corrected chi connectivity index (χ1v) is 11.7. The number of amides is 1. The van der Waals surface area contributed by atoms with Crippen molar-refractivity contribution in [2.24, 2.45) is 5.92 Å². The van der Waals surface area contributed by atoms with Gasteiger partial charge in [0.05, 0.1) is 16.7 Å².